The molecule has 0 atom stereocenters. The molecule has 0 saturated carbocycles. The average molecular weight is 434 g/mol. The van der Waals surface area contributed by atoms with Crippen molar-refractivity contribution in [2.24, 2.45) is 0 Å². The number of anilines is 1. The van der Waals surface area contributed by atoms with E-state index < -0.39 is 32.5 Å². The summed E-state index contributed by atoms with van der Waals surface area (Å²) in [5.41, 5.74) is 1.94. The molecule has 0 spiro atoms. The topological polar surface area (TPSA) is 89.0 Å². The Labute approximate surface area is 172 Å². The molecule has 1 heterocycles. The fourth-order valence-electron chi connectivity index (χ4n) is 2.73. The quantitative estimate of drug-likeness (QED) is 0.611. The van der Waals surface area contributed by atoms with E-state index in [0.717, 1.165) is 23.4 Å². The van der Waals surface area contributed by atoms with Crippen LogP contribution in [0.2, 0.25) is 5.02 Å². The summed E-state index contributed by atoms with van der Waals surface area (Å²) in [6, 6.07) is 11.0. The number of sulfone groups is 1. The van der Waals surface area contributed by atoms with Gasteiger partial charge in [-0.3, -0.25) is 4.79 Å². The van der Waals surface area contributed by atoms with Gasteiger partial charge in [0.25, 0.3) is 5.91 Å². The number of halogens is 2. The summed E-state index contributed by atoms with van der Waals surface area (Å²) in [7, 11) is -4.10. The lowest BCUT2D eigenvalue weighted by molar-refractivity contribution is 0.102. The van der Waals surface area contributed by atoms with E-state index >= 15 is 0 Å². The third-order valence-corrected chi connectivity index (χ3v) is 5.96. The van der Waals surface area contributed by atoms with Crippen molar-refractivity contribution in [1.82, 2.24) is 9.97 Å². The van der Waals surface area contributed by atoms with Crippen LogP contribution in [0.15, 0.2) is 53.8 Å². The van der Waals surface area contributed by atoms with Crippen molar-refractivity contribution in [1.29, 1.82) is 0 Å². The summed E-state index contributed by atoms with van der Waals surface area (Å²) < 4.78 is 39.1. The Morgan fingerprint density at radius 1 is 1.10 bits per heavy atom. The summed E-state index contributed by atoms with van der Waals surface area (Å²) in [6.07, 6.45) is 1.04. The molecule has 0 unspecified atom stereocenters. The van der Waals surface area contributed by atoms with Crippen LogP contribution in [0.1, 0.15) is 27.2 Å². The SMILES string of the molecule is Cc1cccc(C)c1NC(=O)c1nc(S(=O)(=O)Cc2ccccc2F)ncc1Cl. The lowest BCUT2D eigenvalue weighted by Crippen LogP contribution is -2.19. The molecule has 3 rings (SSSR count). The van der Waals surface area contributed by atoms with E-state index in [1.165, 1.54) is 18.2 Å². The van der Waals surface area contributed by atoms with Gasteiger partial charge in [0.05, 0.1) is 17.0 Å². The van der Waals surface area contributed by atoms with Gasteiger partial charge in [-0.2, -0.15) is 0 Å². The fourth-order valence-corrected chi connectivity index (χ4v) is 4.12. The number of nitrogens with one attached hydrogen (secondary N) is 1. The summed E-state index contributed by atoms with van der Waals surface area (Å²) in [5, 5.41) is 2.01. The molecule has 6 nitrogen and oxygen atoms in total. The molecular weight excluding hydrogens is 417 g/mol. The van der Waals surface area contributed by atoms with Crippen LogP contribution in [0.5, 0.6) is 0 Å². The second-order valence-electron chi connectivity index (χ2n) is 6.42. The van der Waals surface area contributed by atoms with E-state index in [2.05, 4.69) is 15.3 Å². The van der Waals surface area contributed by atoms with Crippen molar-refractivity contribution in [3.05, 3.63) is 81.9 Å². The summed E-state index contributed by atoms with van der Waals surface area (Å²) in [5.74, 6) is -1.96. The normalized spacial score (nSPS) is 11.3. The molecule has 1 N–H and O–H groups in total. The molecule has 1 aromatic heterocycles. The molecule has 3 aromatic rings. The molecule has 0 bridgehead atoms. The molecule has 9 heteroatoms. The van der Waals surface area contributed by atoms with Gasteiger partial charge in [0.15, 0.2) is 5.69 Å². The molecule has 0 saturated heterocycles. The number of carbonyl (C=O) groups is 1. The number of aryl methyl sites for hydroxylation is 2. The number of amides is 1. The molecule has 150 valence electrons. The third kappa shape index (κ3) is 4.60. The van der Waals surface area contributed by atoms with Crippen molar-refractivity contribution in [3.63, 3.8) is 0 Å². The van der Waals surface area contributed by atoms with E-state index in [1.807, 2.05) is 32.0 Å². The zero-order valence-corrected chi connectivity index (χ0v) is 17.2. The number of hydrogen-bond donors (Lipinski definition) is 1. The molecule has 29 heavy (non-hydrogen) atoms. The maximum absolute atomic E-state index is 13.8. The van der Waals surface area contributed by atoms with Gasteiger partial charge in [0, 0.05) is 11.3 Å². The fraction of sp³-hybridized carbons (Fsp3) is 0.150. The third-order valence-electron chi connectivity index (χ3n) is 4.24. The van der Waals surface area contributed by atoms with Crippen molar-refractivity contribution in [2.75, 3.05) is 5.32 Å². The molecular formula is C20H17ClFN3O3S. The number of hydrogen-bond acceptors (Lipinski definition) is 5. The van der Waals surface area contributed by atoms with E-state index in [-0.39, 0.29) is 16.3 Å². The summed E-state index contributed by atoms with van der Waals surface area (Å²) in [6.45, 7) is 3.66. The molecule has 0 aliphatic carbocycles. The van der Waals surface area contributed by atoms with Crippen molar-refractivity contribution in [2.45, 2.75) is 24.8 Å². The first-order valence-corrected chi connectivity index (χ1v) is 10.6. The van der Waals surface area contributed by atoms with Crippen LogP contribution < -0.4 is 5.32 Å². The van der Waals surface area contributed by atoms with Gasteiger partial charge in [-0.25, -0.2) is 22.8 Å². The summed E-state index contributed by atoms with van der Waals surface area (Å²) >= 11 is 6.03. The van der Waals surface area contributed by atoms with Crippen molar-refractivity contribution >= 4 is 33.0 Å². The number of nitrogens with zero attached hydrogens (tertiary/aromatic N) is 2. The Bertz CT molecular complexity index is 1180. The first-order chi connectivity index (χ1) is 13.7. The number of carbonyl (C=O) groups excluding carboxylic acids is 1. The molecule has 2 aromatic carbocycles. The maximum Gasteiger partial charge on any atom is 0.276 e. The minimum absolute atomic E-state index is 0.0208. The summed E-state index contributed by atoms with van der Waals surface area (Å²) in [4.78, 5) is 20.3. The maximum atomic E-state index is 13.8. The zero-order valence-electron chi connectivity index (χ0n) is 15.6. The molecule has 0 aliphatic rings. The van der Waals surface area contributed by atoms with Crippen LogP contribution in [-0.2, 0) is 15.6 Å². The van der Waals surface area contributed by atoms with Crippen LogP contribution in [0.3, 0.4) is 0 Å². The van der Waals surface area contributed by atoms with E-state index in [1.54, 1.807) is 0 Å². The lowest BCUT2D eigenvalue weighted by atomic mass is 10.1. The standard InChI is InChI=1S/C20H17ClFN3O3S/c1-12-6-5-7-13(2)17(12)24-19(26)18-15(21)10-23-20(25-18)29(27,28)11-14-8-3-4-9-16(14)22/h3-10H,11H2,1-2H3,(H,24,26). The van der Waals surface area contributed by atoms with Gasteiger partial charge in [0.2, 0.25) is 15.0 Å². The minimum Gasteiger partial charge on any atom is -0.320 e. The van der Waals surface area contributed by atoms with Gasteiger partial charge in [-0.05, 0) is 31.0 Å². The van der Waals surface area contributed by atoms with Gasteiger partial charge in [-0.15, -0.1) is 0 Å². The minimum atomic E-state index is -4.10. The highest BCUT2D eigenvalue weighted by molar-refractivity contribution is 7.90. The van der Waals surface area contributed by atoms with Gasteiger partial charge in [-0.1, -0.05) is 48.0 Å². The first kappa shape index (κ1) is 20.9. The number of rotatable bonds is 5. The smallest absolute Gasteiger partial charge is 0.276 e. The molecule has 0 aliphatic heterocycles. The Balaban J connectivity index is 1.93. The molecule has 1 amide bonds. The number of benzene rings is 2. The van der Waals surface area contributed by atoms with Crippen molar-refractivity contribution < 1.29 is 17.6 Å². The predicted octanol–water partition coefficient (Wildman–Crippen LogP) is 4.11. The lowest BCUT2D eigenvalue weighted by Gasteiger charge is -2.12. The second-order valence-corrected chi connectivity index (χ2v) is 8.71. The Morgan fingerprint density at radius 3 is 2.41 bits per heavy atom. The highest BCUT2D eigenvalue weighted by atomic mass is 35.5. The molecule has 0 radical (unpaired) electrons. The Morgan fingerprint density at radius 2 is 1.76 bits per heavy atom. The number of aromatic nitrogens is 2. The van der Waals surface area contributed by atoms with Gasteiger partial charge >= 0.3 is 0 Å². The number of para-hydroxylation sites is 1. The van der Waals surface area contributed by atoms with Crippen molar-refractivity contribution in [3.8, 4) is 0 Å². The van der Waals surface area contributed by atoms with E-state index in [0.29, 0.717) is 5.69 Å². The van der Waals surface area contributed by atoms with Gasteiger partial charge in [0.1, 0.15) is 5.82 Å². The van der Waals surface area contributed by atoms with Crippen LogP contribution in [-0.4, -0.2) is 24.3 Å². The highest BCUT2D eigenvalue weighted by Crippen LogP contribution is 2.23. The monoisotopic (exact) mass is 433 g/mol. The van der Waals surface area contributed by atoms with E-state index in [9.17, 15) is 17.6 Å². The Hall–Kier alpha value is -2.84. The second kappa shape index (κ2) is 8.26. The van der Waals surface area contributed by atoms with Gasteiger partial charge < -0.3 is 5.32 Å². The van der Waals surface area contributed by atoms with Crippen LogP contribution in [0.25, 0.3) is 0 Å². The highest BCUT2D eigenvalue weighted by Gasteiger charge is 2.24. The first-order valence-electron chi connectivity index (χ1n) is 8.55. The predicted molar refractivity (Wildman–Crippen MR) is 108 cm³/mol. The molecule has 0 fully saturated rings. The average Bonchev–Trinajstić information content (AvgIpc) is 2.66. The van der Waals surface area contributed by atoms with Crippen LogP contribution in [0.4, 0.5) is 10.1 Å². The Kier molecular flexibility index (Phi) is 5.95. The van der Waals surface area contributed by atoms with Crippen LogP contribution >= 0.6 is 11.6 Å². The van der Waals surface area contributed by atoms with Crippen LogP contribution in [0, 0.1) is 19.7 Å². The van der Waals surface area contributed by atoms with E-state index in [4.69, 9.17) is 11.6 Å². The zero-order chi connectivity index (χ0) is 21.2. The largest absolute Gasteiger partial charge is 0.320 e.